The summed E-state index contributed by atoms with van der Waals surface area (Å²) in [5.41, 5.74) is 2.32. The monoisotopic (exact) mass is 532 g/mol. The highest BCUT2D eigenvalue weighted by molar-refractivity contribution is 7.89. The lowest BCUT2D eigenvalue weighted by atomic mass is 10.0. The van der Waals surface area contributed by atoms with E-state index >= 15 is 0 Å². The average molecular weight is 533 g/mol. The highest BCUT2D eigenvalue weighted by Gasteiger charge is 2.41. The first-order chi connectivity index (χ1) is 16.8. The smallest absolute Gasteiger partial charge is 0.243 e. The number of carbonyl (C=O) groups excluding carboxylic acids is 1. The number of halogens is 1. The lowest BCUT2D eigenvalue weighted by molar-refractivity contribution is -0.134. The lowest BCUT2D eigenvalue weighted by Gasteiger charge is -2.37. The lowest BCUT2D eigenvalue weighted by Crippen LogP contribution is -2.54. The Morgan fingerprint density at radius 2 is 1.77 bits per heavy atom. The third-order valence-electron chi connectivity index (χ3n) is 6.83. The van der Waals surface area contributed by atoms with Gasteiger partial charge in [0.2, 0.25) is 15.9 Å². The minimum Gasteiger partial charge on any atom is -0.345 e. The standard InChI is InChI=1S/C25H29ClN4O3S2/c1-17(2)20-5-3-7-22-23(20)27-25(34-22)29-15-13-28(14-16-29)24(31)21-6-4-12-30(21)35(32,33)19-10-8-18(26)9-11-19/h3,5,7-11,17,21H,4,6,12-16H2,1-2H3. The van der Waals surface area contributed by atoms with Crippen LogP contribution in [0.1, 0.15) is 38.2 Å². The van der Waals surface area contributed by atoms with Crippen molar-refractivity contribution in [3.05, 3.63) is 53.1 Å². The van der Waals surface area contributed by atoms with Crippen LogP contribution in [0.4, 0.5) is 5.13 Å². The zero-order valence-electron chi connectivity index (χ0n) is 19.9. The number of piperazine rings is 1. The molecule has 1 unspecified atom stereocenters. The number of aromatic nitrogens is 1. The number of hydrogen-bond donors (Lipinski definition) is 0. The van der Waals surface area contributed by atoms with Gasteiger partial charge in [-0.25, -0.2) is 13.4 Å². The summed E-state index contributed by atoms with van der Waals surface area (Å²) in [6, 6.07) is 11.8. The minimum atomic E-state index is -3.76. The fraction of sp³-hybridized carbons (Fsp3) is 0.440. The first-order valence-electron chi connectivity index (χ1n) is 12.0. The number of thiazole rings is 1. The second kappa shape index (κ2) is 9.69. The van der Waals surface area contributed by atoms with Crippen LogP contribution in [-0.2, 0) is 14.8 Å². The number of rotatable bonds is 5. The van der Waals surface area contributed by atoms with Crippen molar-refractivity contribution in [3.63, 3.8) is 0 Å². The minimum absolute atomic E-state index is 0.105. The van der Waals surface area contributed by atoms with Gasteiger partial charge in [-0.3, -0.25) is 4.79 Å². The molecular weight excluding hydrogens is 504 g/mol. The van der Waals surface area contributed by atoms with Gasteiger partial charge in [0.1, 0.15) is 6.04 Å². The van der Waals surface area contributed by atoms with Crippen LogP contribution in [0.3, 0.4) is 0 Å². The van der Waals surface area contributed by atoms with E-state index < -0.39 is 16.1 Å². The van der Waals surface area contributed by atoms with Crippen LogP contribution in [0.2, 0.25) is 5.02 Å². The summed E-state index contributed by atoms with van der Waals surface area (Å²) in [5.74, 6) is 0.299. The molecule has 1 atom stereocenters. The first-order valence-corrected chi connectivity index (χ1v) is 14.6. The van der Waals surface area contributed by atoms with Gasteiger partial charge in [0.25, 0.3) is 0 Å². The summed E-state index contributed by atoms with van der Waals surface area (Å²) in [7, 11) is -3.76. The zero-order valence-corrected chi connectivity index (χ0v) is 22.2. The molecule has 0 saturated carbocycles. The Morgan fingerprint density at radius 1 is 1.06 bits per heavy atom. The number of hydrogen-bond acceptors (Lipinski definition) is 6. The predicted molar refractivity (Wildman–Crippen MR) is 141 cm³/mol. The number of para-hydroxylation sites is 1. The zero-order chi connectivity index (χ0) is 24.7. The van der Waals surface area contributed by atoms with Gasteiger partial charge in [0.15, 0.2) is 5.13 Å². The van der Waals surface area contributed by atoms with Crippen LogP contribution in [-0.4, -0.2) is 67.3 Å². The van der Waals surface area contributed by atoms with E-state index in [-0.39, 0.29) is 10.8 Å². The molecule has 0 spiro atoms. The SMILES string of the molecule is CC(C)c1cccc2sc(N3CCN(C(=O)C4CCCN4S(=O)(=O)c4ccc(Cl)cc4)CC3)nc12. The normalized spacial score (nSPS) is 19.7. The van der Waals surface area contributed by atoms with Gasteiger partial charge in [-0.15, -0.1) is 0 Å². The maximum Gasteiger partial charge on any atom is 0.243 e. The molecule has 5 rings (SSSR count). The summed E-state index contributed by atoms with van der Waals surface area (Å²) in [5, 5.41) is 1.46. The summed E-state index contributed by atoms with van der Waals surface area (Å²) in [6.07, 6.45) is 1.22. The maximum atomic E-state index is 13.4. The molecule has 0 bridgehead atoms. The van der Waals surface area contributed by atoms with Crippen LogP contribution >= 0.6 is 22.9 Å². The Labute approximate surface area is 215 Å². The number of carbonyl (C=O) groups is 1. The number of amides is 1. The van der Waals surface area contributed by atoms with Crippen molar-refractivity contribution in [1.29, 1.82) is 0 Å². The van der Waals surface area contributed by atoms with Crippen molar-refractivity contribution < 1.29 is 13.2 Å². The first kappa shape index (κ1) is 24.5. The second-order valence-electron chi connectivity index (χ2n) is 9.39. The van der Waals surface area contributed by atoms with Gasteiger partial charge in [-0.05, 0) is 54.7 Å². The van der Waals surface area contributed by atoms with E-state index in [0.717, 1.165) is 10.6 Å². The van der Waals surface area contributed by atoms with Gasteiger partial charge in [-0.2, -0.15) is 4.31 Å². The average Bonchev–Trinajstić information content (AvgIpc) is 3.51. The Kier molecular flexibility index (Phi) is 6.78. The van der Waals surface area contributed by atoms with E-state index in [1.807, 2.05) is 4.90 Å². The van der Waals surface area contributed by atoms with Crippen molar-refractivity contribution in [2.75, 3.05) is 37.6 Å². The maximum absolute atomic E-state index is 13.4. The number of nitrogens with zero attached hydrogens (tertiary/aromatic N) is 4. The van der Waals surface area contributed by atoms with E-state index in [1.165, 1.54) is 26.7 Å². The Bertz CT molecular complexity index is 1330. The summed E-state index contributed by atoms with van der Waals surface area (Å²) < 4.78 is 29.0. The van der Waals surface area contributed by atoms with Crippen LogP contribution in [0.15, 0.2) is 47.4 Å². The van der Waals surface area contributed by atoms with E-state index in [4.69, 9.17) is 16.6 Å². The van der Waals surface area contributed by atoms with Gasteiger partial charge in [-0.1, -0.05) is 48.9 Å². The third kappa shape index (κ3) is 4.67. The van der Waals surface area contributed by atoms with Crippen LogP contribution in [0, 0.1) is 0 Å². The van der Waals surface area contributed by atoms with Gasteiger partial charge < -0.3 is 9.80 Å². The number of fused-ring (bicyclic) bond motifs is 1. The molecule has 2 fully saturated rings. The molecule has 2 aliphatic heterocycles. The summed E-state index contributed by atoms with van der Waals surface area (Å²) in [6.45, 7) is 7.17. The van der Waals surface area contributed by atoms with E-state index in [2.05, 4.69) is 36.9 Å². The van der Waals surface area contributed by atoms with Crippen molar-refractivity contribution >= 4 is 54.2 Å². The largest absolute Gasteiger partial charge is 0.345 e. The van der Waals surface area contributed by atoms with Crippen molar-refractivity contribution in [2.24, 2.45) is 0 Å². The fourth-order valence-electron chi connectivity index (χ4n) is 4.90. The number of anilines is 1. The molecular formula is C25H29ClN4O3S2. The van der Waals surface area contributed by atoms with E-state index in [9.17, 15) is 13.2 Å². The summed E-state index contributed by atoms with van der Waals surface area (Å²) >= 11 is 7.61. The fourth-order valence-corrected chi connectivity index (χ4v) is 7.73. The van der Waals surface area contributed by atoms with Gasteiger partial charge in [0.05, 0.1) is 15.1 Å². The highest BCUT2D eigenvalue weighted by Crippen LogP contribution is 2.34. The predicted octanol–water partition coefficient (Wildman–Crippen LogP) is 4.58. The molecule has 0 N–H and O–H groups in total. The van der Waals surface area contributed by atoms with Crippen molar-refractivity contribution in [2.45, 2.75) is 43.5 Å². The molecule has 3 aromatic rings. The molecule has 2 aromatic carbocycles. The molecule has 3 heterocycles. The van der Waals surface area contributed by atoms with Crippen LogP contribution in [0.25, 0.3) is 10.2 Å². The molecule has 2 saturated heterocycles. The Balaban J connectivity index is 1.28. The van der Waals surface area contributed by atoms with Crippen LogP contribution in [0.5, 0.6) is 0 Å². The topological polar surface area (TPSA) is 73.8 Å². The van der Waals surface area contributed by atoms with Crippen molar-refractivity contribution in [1.82, 2.24) is 14.2 Å². The number of sulfonamides is 1. The molecule has 1 aromatic heterocycles. The van der Waals surface area contributed by atoms with E-state index in [1.54, 1.807) is 23.5 Å². The molecule has 7 nitrogen and oxygen atoms in total. The molecule has 0 radical (unpaired) electrons. The highest BCUT2D eigenvalue weighted by atomic mass is 35.5. The van der Waals surface area contributed by atoms with Crippen molar-refractivity contribution in [3.8, 4) is 0 Å². The second-order valence-corrected chi connectivity index (χ2v) is 12.7. The molecule has 0 aliphatic carbocycles. The van der Waals surface area contributed by atoms with Crippen LogP contribution < -0.4 is 4.90 Å². The quantitative estimate of drug-likeness (QED) is 0.481. The van der Waals surface area contributed by atoms with E-state index in [0.29, 0.717) is 56.5 Å². The Hall–Kier alpha value is -2.20. The number of benzene rings is 2. The molecule has 35 heavy (non-hydrogen) atoms. The summed E-state index contributed by atoms with van der Waals surface area (Å²) in [4.78, 5) is 22.6. The van der Waals surface area contributed by atoms with Gasteiger partial charge >= 0.3 is 0 Å². The molecule has 186 valence electrons. The third-order valence-corrected chi connectivity index (χ3v) is 10.1. The molecule has 10 heteroatoms. The molecule has 1 amide bonds. The van der Waals surface area contributed by atoms with Gasteiger partial charge in [0, 0.05) is 37.7 Å². The molecule has 2 aliphatic rings. The Morgan fingerprint density at radius 3 is 2.46 bits per heavy atom.